The molecular weight excluding hydrogens is 274 g/mol. The van der Waals surface area contributed by atoms with Gasteiger partial charge >= 0.3 is 0 Å². The Hall–Kier alpha value is -2.41. The molecular formula is C11H8ClN3O4. The van der Waals surface area contributed by atoms with Gasteiger partial charge in [0.15, 0.2) is 16.7 Å². The summed E-state index contributed by atoms with van der Waals surface area (Å²) >= 11 is 5.60. The smallest absolute Gasteiger partial charge is 0.273 e. The van der Waals surface area contributed by atoms with Gasteiger partial charge in [-0.3, -0.25) is 10.1 Å². The first-order valence-corrected chi connectivity index (χ1v) is 5.47. The lowest BCUT2D eigenvalue weighted by Gasteiger charge is -2.08. The number of non-ortho nitro benzene ring substituents is 1. The number of nitro benzene ring substituents is 1. The fraction of sp³-hybridized carbons (Fsp3) is 0.0909. The number of halogens is 1. The Morgan fingerprint density at radius 2 is 2.00 bits per heavy atom. The molecule has 1 aromatic heterocycles. The van der Waals surface area contributed by atoms with Gasteiger partial charge in [-0.05, 0) is 12.1 Å². The van der Waals surface area contributed by atoms with Crippen LogP contribution in [0.1, 0.15) is 0 Å². The van der Waals surface area contributed by atoms with Crippen LogP contribution in [0.2, 0.25) is 5.15 Å². The molecule has 8 heteroatoms. The van der Waals surface area contributed by atoms with E-state index >= 15 is 0 Å². The first-order valence-electron chi connectivity index (χ1n) is 5.09. The predicted octanol–water partition coefficient (Wildman–Crippen LogP) is 2.84. The van der Waals surface area contributed by atoms with Crippen molar-refractivity contribution in [3.8, 4) is 17.4 Å². The molecule has 0 N–H and O–H groups in total. The van der Waals surface area contributed by atoms with Crippen LogP contribution < -0.4 is 9.47 Å². The van der Waals surface area contributed by atoms with Crippen molar-refractivity contribution in [3.63, 3.8) is 0 Å². The van der Waals surface area contributed by atoms with Gasteiger partial charge in [-0.25, -0.2) is 0 Å². The van der Waals surface area contributed by atoms with Crippen LogP contribution in [0.3, 0.4) is 0 Å². The highest BCUT2D eigenvalue weighted by Crippen LogP contribution is 2.33. The maximum Gasteiger partial charge on any atom is 0.273 e. The number of hydrogen-bond acceptors (Lipinski definition) is 6. The molecule has 0 amide bonds. The molecule has 0 aliphatic heterocycles. The van der Waals surface area contributed by atoms with Gasteiger partial charge in [-0.1, -0.05) is 11.6 Å². The molecule has 7 nitrogen and oxygen atoms in total. The first kappa shape index (κ1) is 13.0. The molecule has 0 fully saturated rings. The molecule has 0 atom stereocenters. The van der Waals surface area contributed by atoms with Gasteiger partial charge in [0.1, 0.15) is 0 Å². The summed E-state index contributed by atoms with van der Waals surface area (Å²) < 4.78 is 10.4. The Bertz CT molecular complexity index is 603. The quantitative estimate of drug-likeness (QED) is 0.632. The van der Waals surface area contributed by atoms with Crippen molar-refractivity contribution in [2.45, 2.75) is 0 Å². The van der Waals surface area contributed by atoms with Gasteiger partial charge in [-0.2, -0.15) is 0 Å². The minimum absolute atomic E-state index is 0.0913. The average Bonchev–Trinajstić information content (AvgIpc) is 2.41. The summed E-state index contributed by atoms with van der Waals surface area (Å²) in [6.07, 6.45) is 0. The summed E-state index contributed by atoms with van der Waals surface area (Å²) in [4.78, 5) is 10.1. The van der Waals surface area contributed by atoms with Gasteiger partial charge in [-0.15, -0.1) is 10.2 Å². The van der Waals surface area contributed by atoms with Crippen LogP contribution in [0.4, 0.5) is 5.69 Å². The van der Waals surface area contributed by atoms with Crippen molar-refractivity contribution in [3.05, 3.63) is 45.6 Å². The minimum Gasteiger partial charge on any atom is -0.493 e. The van der Waals surface area contributed by atoms with E-state index < -0.39 is 4.92 Å². The van der Waals surface area contributed by atoms with E-state index in [1.54, 1.807) is 0 Å². The van der Waals surface area contributed by atoms with E-state index in [1.807, 2.05) is 0 Å². The second kappa shape index (κ2) is 5.49. The van der Waals surface area contributed by atoms with E-state index in [0.717, 1.165) is 0 Å². The van der Waals surface area contributed by atoms with Crippen LogP contribution in [-0.2, 0) is 0 Å². The van der Waals surface area contributed by atoms with Crippen LogP contribution in [0, 0.1) is 10.1 Å². The molecule has 0 saturated carbocycles. The van der Waals surface area contributed by atoms with Crippen molar-refractivity contribution < 1.29 is 14.4 Å². The van der Waals surface area contributed by atoms with E-state index in [4.69, 9.17) is 21.1 Å². The molecule has 98 valence electrons. The zero-order chi connectivity index (χ0) is 13.8. The molecule has 0 aliphatic carbocycles. The number of hydrogen-bond donors (Lipinski definition) is 0. The van der Waals surface area contributed by atoms with Crippen molar-refractivity contribution >= 4 is 17.3 Å². The lowest BCUT2D eigenvalue weighted by atomic mass is 10.3. The van der Waals surface area contributed by atoms with E-state index in [1.165, 1.54) is 37.4 Å². The van der Waals surface area contributed by atoms with Crippen LogP contribution in [-0.4, -0.2) is 22.2 Å². The second-order valence-electron chi connectivity index (χ2n) is 3.39. The molecule has 0 unspecified atom stereocenters. The summed E-state index contributed by atoms with van der Waals surface area (Å²) in [5.41, 5.74) is -0.0913. The van der Waals surface area contributed by atoms with Gasteiger partial charge < -0.3 is 9.47 Å². The Balaban J connectivity index is 2.29. The number of nitrogens with zero attached hydrogens (tertiary/aromatic N) is 3. The topological polar surface area (TPSA) is 87.4 Å². The largest absolute Gasteiger partial charge is 0.493 e. The van der Waals surface area contributed by atoms with Crippen LogP contribution in [0.25, 0.3) is 0 Å². The number of nitro groups is 1. The van der Waals surface area contributed by atoms with E-state index in [2.05, 4.69) is 10.2 Å². The third-order valence-corrected chi connectivity index (χ3v) is 2.38. The zero-order valence-corrected chi connectivity index (χ0v) is 10.5. The third kappa shape index (κ3) is 3.08. The van der Waals surface area contributed by atoms with Crippen molar-refractivity contribution in [1.82, 2.24) is 10.2 Å². The third-order valence-electron chi connectivity index (χ3n) is 2.18. The summed E-state index contributed by atoms with van der Waals surface area (Å²) in [6, 6.07) is 7.03. The number of rotatable bonds is 4. The Morgan fingerprint density at radius 3 is 2.58 bits per heavy atom. The molecule has 0 spiro atoms. The van der Waals surface area contributed by atoms with E-state index in [-0.39, 0.29) is 22.5 Å². The van der Waals surface area contributed by atoms with Gasteiger partial charge in [0, 0.05) is 12.1 Å². The lowest BCUT2D eigenvalue weighted by molar-refractivity contribution is -0.384. The molecule has 2 rings (SSSR count). The SMILES string of the molecule is COc1cc([N+](=O)[O-])ccc1Oc1ccc(Cl)nn1. The maximum atomic E-state index is 10.6. The van der Waals surface area contributed by atoms with E-state index in [0.29, 0.717) is 5.75 Å². The monoisotopic (exact) mass is 281 g/mol. The molecule has 1 heterocycles. The van der Waals surface area contributed by atoms with Crippen LogP contribution >= 0.6 is 11.6 Å². The Labute approximate surface area is 112 Å². The van der Waals surface area contributed by atoms with Gasteiger partial charge in [0.25, 0.3) is 5.69 Å². The Morgan fingerprint density at radius 1 is 1.21 bits per heavy atom. The van der Waals surface area contributed by atoms with Crippen molar-refractivity contribution in [2.75, 3.05) is 7.11 Å². The summed E-state index contributed by atoms with van der Waals surface area (Å²) in [5, 5.41) is 18.2. The minimum atomic E-state index is -0.519. The number of ether oxygens (including phenoxy) is 2. The molecule has 0 radical (unpaired) electrons. The molecule has 19 heavy (non-hydrogen) atoms. The van der Waals surface area contributed by atoms with Gasteiger partial charge in [0.2, 0.25) is 5.88 Å². The molecule has 1 aromatic carbocycles. The Kier molecular flexibility index (Phi) is 3.76. The first-order chi connectivity index (χ1) is 9.10. The molecule has 2 aromatic rings. The molecule has 0 bridgehead atoms. The highest BCUT2D eigenvalue weighted by atomic mass is 35.5. The van der Waals surface area contributed by atoms with Gasteiger partial charge in [0.05, 0.1) is 18.1 Å². The second-order valence-corrected chi connectivity index (χ2v) is 3.78. The highest BCUT2D eigenvalue weighted by Gasteiger charge is 2.13. The lowest BCUT2D eigenvalue weighted by Crippen LogP contribution is -1.95. The summed E-state index contributed by atoms with van der Waals surface area (Å²) in [7, 11) is 1.39. The van der Waals surface area contributed by atoms with Crippen molar-refractivity contribution in [2.24, 2.45) is 0 Å². The predicted molar refractivity (Wildman–Crippen MR) is 66.8 cm³/mol. The fourth-order valence-corrected chi connectivity index (χ4v) is 1.43. The number of benzene rings is 1. The van der Waals surface area contributed by atoms with Crippen molar-refractivity contribution in [1.29, 1.82) is 0 Å². The summed E-state index contributed by atoms with van der Waals surface area (Å²) in [5.74, 6) is 0.729. The molecule has 0 saturated heterocycles. The summed E-state index contributed by atoms with van der Waals surface area (Å²) in [6.45, 7) is 0. The number of aromatic nitrogens is 2. The zero-order valence-electron chi connectivity index (χ0n) is 9.74. The molecule has 0 aliphatic rings. The fourth-order valence-electron chi connectivity index (χ4n) is 1.33. The normalized spacial score (nSPS) is 10.0. The average molecular weight is 282 g/mol. The van der Waals surface area contributed by atoms with E-state index in [9.17, 15) is 10.1 Å². The standard InChI is InChI=1S/C11H8ClN3O4/c1-18-9-6-7(15(16)17)2-3-8(9)19-11-5-4-10(12)13-14-11/h2-6H,1H3. The maximum absolute atomic E-state index is 10.6. The number of methoxy groups -OCH3 is 1. The van der Waals surface area contributed by atoms with Crippen LogP contribution in [0.5, 0.6) is 17.4 Å². The van der Waals surface area contributed by atoms with Crippen LogP contribution in [0.15, 0.2) is 30.3 Å². The highest BCUT2D eigenvalue weighted by molar-refractivity contribution is 6.29.